The predicted octanol–water partition coefficient (Wildman–Crippen LogP) is 2.46. The zero-order valence-electron chi connectivity index (χ0n) is 15.0. The Kier molecular flexibility index (Phi) is 3.73. The van der Waals surface area contributed by atoms with E-state index in [1.807, 2.05) is 24.2 Å². The van der Waals surface area contributed by atoms with Crippen molar-refractivity contribution >= 4 is 23.1 Å². The quantitative estimate of drug-likeness (QED) is 0.897. The minimum atomic E-state index is -0.940. The molecule has 2 fully saturated rings. The topological polar surface area (TPSA) is 75.9 Å². The standard InChI is InChI=1S/C19H21FN6O/c1-25-10-12(9-22-25)23-19-21-5-4-17(24-19)11-6-13-2-3-14(7-11)26(13)18(27)15-8-16(15)20/h4-6,9-10,13-16H,2-3,7-8H2,1H3,(H,21,23,24). The second-order valence-electron chi connectivity index (χ2n) is 7.59. The Bertz CT molecular complexity index is 924. The van der Waals surface area contributed by atoms with E-state index in [9.17, 15) is 9.18 Å². The number of carbonyl (C=O) groups is 1. The van der Waals surface area contributed by atoms with Crippen molar-refractivity contribution in [3.05, 3.63) is 36.4 Å². The molecule has 5 rings (SSSR count). The second kappa shape index (κ2) is 6.14. The third-order valence-electron chi connectivity index (χ3n) is 5.63. The number of aryl methyl sites for hydroxylation is 1. The van der Waals surface area contributed by atoms with Gasteiger partial charge < -0.3 is 10.2 Å². The van der Waals surface area contributed by atoms with E-state index in [1.165, 1.54) is 0 Å². The van der Waals surface area contributed by atoms with Crippen LogP contribution in [0.2, 0.25) is 0 Å². The van der Waals surface area contributed by atoms with Crippen LogP contribution in [0.25, 0.3) is 5.57 Å². The summed E-state index contributed by atoms with van der Waals surface area (Å²) in [4.78, 5) is 23.4. The van der Waals surface area contributed by atoms with Crippen LogP contribution in [0.3, 0.4) is 0 Å². The molecule has 2 aromatic rings. The van der Waals surface area contributed by atoms with E-state index in [0.717, 1.165) is 36.2 Å². The monoisotopic (exact) mass is 368 g/mol. The van der Waals surface area contributed by atoms with Gasteiger partial charge in [-0.05, 0) is 37.3 Å². The molecule has 4 unspecified atom stereocenters. The maximum Gasteiger partial charge on any atom is 0.229 e. The highest BCUT2D eigenvalue weighted by Crippen LogP contribution is 2.43. The van der Waals surface area contributed by atoms with Crippen LogP contribution in [0.5, 0.6) is 0 Å². The van der Waals surface area contributed by atoms with Crippen LogP contribution in [0, 0.1) is 5.92 Å². The zero-order chi connectivity index (χ0) is 18.5. The summed E-state index contributed by atoms with van der Waals surface area (Å²) < 4.78 is 15.0. The molecular weight excluding hydrogens is 347 g/mol. The number of nitrogens with one attached hydrogen (secondary N) is 1. The number of alkyl halides is 1. The molecule has 8 heteroatoms. The molecule has 1 aliphatic carbocycles. The molecule has 0 radical (unpaired) electrons. The summed E-state index contributed by atoms with van der Waals surface area (Å²) in [7, 11) is 1.85. The highest BCUT2D eigenvalue weighted by molar-refractivity contribution is 5.84. The largest absolute Gasteiger partial charge is 0.333 e. The smallest absolute Gasteiger partial charge is 0.229 e. The molecule has 1 saturated carbocycles. The lowest BCUT2D eigenvalue weighted by atomic mass is 9.98. The summed E-state index contributed by atoms with van der Waals surface area (Å²) >= 11 is 0. The molecular formula is C19H21FN6O. The molecule has 4 heterocycles. The lowest BCUT2D eigenvalue weighted by molar-refractivity contribution is -0.135. The summed E-state index contributed by atoms with van der Waals surface area (Å²) in [6.07, 6.45) is 9.56. The van der Waals surface area contributed by atoms with Crippen LogP contribution in [0.1, 0.15) is 31.4 Å². The highest BCUT2D eigenvalue weighted by Gasteiger charge is 2.50. The van der Waals surface area contributed by atoms with E-state index < -0.39 is 12.1 Å². The number of rotatable bonds is 4. The van der Waals surface area contributed by atoms with E-state index in [-0.39, 0.29) is 18.0 Å². The molecule has 2 bridgehead atoms. The average Bonchev–Trinajstić information content (AvgIpc) is 3.16. The van der Waals surface area contributed by atoms with Gasteiger partial charge in [0.25, 0.3) is 0 Å². The number of aromatic nitrogens is 4. The minimum Gasteiger partial charge on any atom is -0.333 e. The van der Waals surface area contributed by atoms with Crippen molar-refractivity contribution < 1.29 is 9.18 Å². The van der Waals surface area contributed by atoms with Gasteiger partial charge in [-0.3, -0.25) is 9.48 Å². The molecule has 2 aliphatic heterocycles. The van der Waals surface area contributed by atoms with Gasteiger partial charge >= 0.3 is 0 Å². The minimum absolute atomic E-state index is 0.00748. The lowest BCUT2D eigenvalue weighted by Gasteiger charge is -2.34. The van der Waals surface area contributed by atoms with Crippen LogP contribution in [-0.2, 0) is 11.8 Å². The maximum absolute atomic E-state index is 13.3. The number of amides is 1. The summed E-state index contributed by atoms with van der Waals surface area (Å²) in [5.74, 6) is 0.106. The molecule has 1 N–H and O–H groups in total. The number of hydrogen-bond donors (Lipinski definition) is 1. The number of carbonyl (C=O) groups excluding carboxylic acids is 1. The Morgan fingerprint density at radius 2 is 2.22 bits per heavy atom. The van der Waals surface area contributed by atoms with Crippen LogP contribution in [0.15, 0.2) is 30.7 Å². The summed E-state index contributed by atoms with van der Waals surface area (Å²) in [6.45, 7) is 0. The fourth-order valence-corrected chi connectivity index (χ4v) is 4.19. The van der Waals surface area contributed by atoms with Gasteiger partial charge in [0, 0.05) is 25.5 Å². The number of halogens is 1. The first kappa shape index (κ1) is 16.4. The maximum atomic E-state index is 13.3. The van der Waals surface area contributed by atoms with Gasteiger partial charge in [-0.25, -0.2) is 14.4 Å². The van der Waals surface area contributed by atoms with Crippen LogP contribution >= 0.6 is 0 Å². The molecule has 1 saturated heterocycles. The normalized spacial score (nSPS) is 28.8. The fourth-order valence-electron chi connectivity index (χ4n) is 4.19. The van der Waals surface area contributed by atoms with Crippen molar-refractivity contribution in [3.8, 4) is 0 Å². The van der Waals surface area contributed by atoms with Gasteiger partial charge in [0.1, 0.15) is 6.17 Å². The number of fused-ring (bicyclic) bond motifs is 2. The molecule has 1 amide bonds. The highest BCUT2D eigenvalue weighted by atomic mass is 19.1. The Hall–Kier alpha value is -2.77. The third kappa shape index (κ3) is 2.98. The van der Waals surface area contributed by atoms with E-state index in [0.29, 0.717) is 12.4 Å². The first-order valence-electron chi connectivity index (χ1n) is 9.34. The predicted molar refractivity (Wildman–Crippen MR) is 97.8 cm³/mol. The van der Waals surface area contributed by atoms with Crippen molar-refractivity contribution in [1.29, 1.82) is 0 Å². The first-order chi connectivity index (χ1) is 13.1. The first-order valence-corrected chi connectivity index (χ1v) is 9.34. The van der Waals surface area contributed by atoms with Crippen molar-refractivity contribution in [2.24, 2.45) is 13.0 Å². The summed E-state index contributed by atoms with van der Waals surface area (Å²) in [6, 6.07) is 2.11. The fraction of sp³-hybridized carbons (Fsp3) is 0.474. The molecule has 0 aromatic carbocycles. The van der Waals surface area contributed by atoms with E-state index >= 15 is 0 Å². The molecule has 7 nitrogen and oxygen atoms in total. The van der Waals surface area contributed by atoms with E-state index in [1.54, 1.807) is 17.1 Å². The van der Waals surface area contributed by atoms with Gasteiger partial charge in [-0.2, -0.15) is 5.10 Å². The average molecular weight is 368 g/mol. The van der Waals surface area contributed by atoms with Gasteiger partial charge in [-0.1, -0.05) is 6.08 Å². The zero-order valence-corrected chi connectivity index (χ0v) is 15.0. The van der Waals surface area contributed by atoms with Crippen molar-refractivity contribution in [3.63, 3.8) is 0 Å². The molecule has 0 spiro atoms. The molecule has 140 valence electrons. The third-order valence-corrected chi connectivity index (χ3v) is 5.63. The molecule has 3 aliphatic rings. The van der Waals surface area contributed by atoms with Crippen molar-refractivity contribution in [2.75, 3.05) is 5.32 Å². The number of nitrogens with zero attached hydrogens (tertiary/aromatic N) is 5. The summed E-state index contributed by atoms with van der Waals surface area (Å²) in [5, 5.41) is 7.28. The Labute approximate surface area is 156 Å². The molecule has 4 atom stereocenters. The van der Waals surface area contributed by atoms with Crippen molar-refractivity contribution in [1.82, 2.24) is 24.6 Å². The van der Waals surface area contributed by atoms with Gasteiger partial charge in [0.05, 0.1) is 29.5 Å². The molecule has 2 aromatic heterocycles. The SMILES string of the molecule is Cn1cc(Nc2nccc(C3=CC4CCC(C3)N4C(=O)C3CC3F)n2)cn1. The van der Waals surface area contributed by atoms with Gasteiger partial charge in [-0.15, -0.1) is 0 Å². The summed E-state index contributed by atoms with van der Waals surface area (Å²) in [5.41, 5.74) is 2.83. The Morgan fingerprint density at radius 1 is 1.37 bits per heavy atom. The Morgan fingerprint density at radius 3 is 2.93 bits per heavy atom. The van der Waals surface area contributed by atoms with Crippen LogP contribution in [0.4, 0.5) is 16.0 Å². The van der Waals surface area contributed by atoms with Crippen LogP contribution in [-0.4, -0.2) is 48.8 Å². The number of hydrogen-bond acceptors (Lipinski definition) is 5. The van der Waals surface area contributed by atoms with Gasteiger partial charge in [0.15, 0.2) is 0 Å². The van der Waals surface area contributed by atoms with Crippen LogP contribution < -0.4 is 5.32 Å². The second-order valence-corrected chi connectivity index (χ2v) is 7.59. The van der Waals surface area contributed by atoms with E-state index in [2.05, 4.69) is 26.5 Å². The number of anilines is 2. The lowest BCUT2D eigenvalue weighted by Crippen LogP contribution is -2.44. The Balaban J connectivity index is 1.36. The van der Waals surface area contributed by atoms with Crippen molar-refractivity contribution in [2.45, 2.75) is 43.9 Å². The molecule has 27 heavy (non-hydrogen) atoms. The van der Waals surface area contributed by atoms with Gasteiger partial charge in [0.2, 0.25) is 11.9 Å². The van der Waals surface area contributed by atoms with E-state index in [4.69, 9.17) is 0 Å².